The fourth-order valence-corrected chi connectivity index (χ4v) is 2.33. The normalized spacial score (nSPS) is 29.4. The zero-order chi connectivity index (χ0) is 6.97. The molecule has 0 aromatic rings. The molecule has 1 unspecified atom stereocenters. The van der Waals surface area contributed by atoms with Crippen molar-refractivity contribution in [3.05, 3.63) is 34.1 Å². The molecule has 0 amide bonds. The van der Waals surface area contributed by atoms with E-state index in [1.807, 2.05) is 12.2 Å². The van der Waals surface area contributed by atoms with E-state index in [0.717, 1.165) is 17.7 Å². The Hall–Kier alpha value is -0.630. The zero-order valence-corrected chi connectivity index (χ0v) is 6.36. The minimum absolute atomic E-state index is 0.827. The number of hydrogen-bond acceptors (Lipinski definition) is 1. The van der Waals surface area contributed by atoms with Crippen LogP contribution >= 0.6 is 0 Å². The first-order valence-corrected chi connectivity index (χ1v) is 4.58. The molecule has 0 aromatic heterocycles. The fourth-order valence-electron chi connectivity index (χ4n) is 1.24. The highest BCUT2D eigenvalue weighted by Crippen LogP contribution is 2.27. The quantitative estimate of drug-likeness (QED) is 0.518. The maximum absolute atomic E-state index is 11.1. The molecule has 1 aliphatic heterocycles. The fraction of sp³-hybridized carbons (Fsp3) is 0.250. The summed E-state index contributed by atoms with van der Waals surface area (Å²) >= 11 is 0. The average Bonchev–Trinajstić information content (AvgIpc) is 2.34. The standard InChI is InChI=1S/C8H8OS/c9-10-6-5-7-3-1-2-4-8(7)10/h2,4-6H,1,3H2. The molecule has 10 heavy (non-hydrogen) atoms. The van der Waals surface area contributed by atoms with Gasteiger partial charge in [0.2, 0.25) is 0 Å². The molecule has 2 heteroatoms. The minimum Gasteiger partial charge on any atom is -0.250 e. The highest BCUT2D eigenvalue weighted by molar-refractivity contribution is 7.92. The Morgan fingerprint density at radius 2 is 2.30 bits per heavy atom. The molecule has 0 aromatic carbocycles. The molecule has 1 aliphatic carbocycles. The Morgan fingerprint density at radius 1 is 1.40 bits per heavy atom. The van der Waals surface area contributed by atoms with Crippen LogP contribution in [-0.4, -0.2) is 4.21 Å². The summed E-state index contributed by atoms with van der Waals surface area (Å²) in [5.41, 5.74) is 1.26. The summed E-state index contributed by atoms with van der Waals surface area (Å²) in [6, 6.07) is 0. The Bertz CT molecular complexity index is 271. The van der Waals surface area contributed by atoms with E-state index in [-0.39, 0.29) is 0 Å². The van der Waals surface area contributed by atoms with E-state index in [1.165, 1.54) is 5.57 Å². The van der Waals surface area contributed by atoms with Gasteiger partial charge >= 0.3 is 0 Å². The molecule has 52 valence electrons. The summed E-state index contributed by atoms with van der Waals surface area (Å²) in [4.78, 5) is 1.02. The molecule has 1 nitrogen and oxygen atoms in total. The Kier molecular flexibility index (Phi) is 1.34. The second-order valence-corrected chi connectivity index (χ2v) is 3.74. The van der Waals surface area contributed by atoms with Crippen LogP contribution in [0.5, 0.6) is 0 Å². The second-order valence-electron chi connectivity index (χ2n) is 2.43. The van der Waals surface area contributed by atoms with Crippen molar-refractivity contribution in [3.8, 4) is 0 Å². The summed E-state index contributed by atoms with van der Waals surface area (Å²) in [6.45, 7) is 0. The van der Waals surface area contributed by atoms with Gasteiger partial charge in [0, 0.05) is 10.3 Å². The first-order valence-electron chi connectivity index (χ1n) is 3.36. The molecule has 0 radical (unpaired) electrons. The van der Waals surface area contributed by atoms with Crippen LogP contribution in [-0.2, 0) is 10.8 Å². The lowest BCUT2D eigenvalue weighted by Gasteiger charge is -2.04. The van der Waals surface area contributed by atoms with E-state index >= 15 is 0 Å². The van der Waals surface area contributed by atoms with E-state index in [0.29, 0.717) is 0 Å². The van der Waals surface area contributed by atoms with Gasteiger partial charge in [-0.2, -0.15) is 0 Å². The molecule has 2 aliphatic rings. The molecule has 0 saturated heterocycles. The van der Waals surface area contributed by atoms with Gasteiger partial charge in [-0.3, -0.25) is 0 Å². The third-order valence-corrected chi connectivity index (χ3v) is 2.99. The molecule has 0 spiro atoms. The highest BCUT2D eigenvalue weighted by Gasteiger charge is 2.14. The third-order valence-electron chi connectivity index (χ3n) is 1.78. The van der Waals surface area contributed by atoms with Gasteiger partial charge in [-0.05, 0) is 30.6 Å². The van der Waals surface area contributed by atoms with Gasteiger partial charge in [0.1, 0.15) is 0 Å². The SMILES string of the molecule is O=S1C=CC2=C1C=CCC2. The van der Waals surface area contributed by atoms with Crippen LogP contribution in [0.25, 0.3) is 0 Å². The predicted octanol–water partition coefficient (Wildman–Crippen LogP) is 1.87. The van der Waals surface area contributed by atoms with Crippen molar-refractivity contribution in [2.24, 2.45) is 0 Å². The van der Waals surface area contributed by atoms with Gasteiger partial charge in [-0.15, -0.1) is 0 Å². The second kappa shape index (κ2) is 2.20. The molecule has 1 heterocycles. The molecule has 0 fully saturated rings. The van der Waals surface area contributed by atoms with Crippen LogP contribution in [0.4, 0.5) is 0 Å². The summed E-state index contributed by atoms with van der Waals surface area (Å²) in [7, 11) is -0.827. The first kappa shape index (κ1) is 6.10. The lowest BCUT2D eigenvalue weighted by atomic mass is 10.1. The third kappa shape index (κ3) is 0.797. The molecule has 0 bridgehead atoms. The maximum Gasteiger partial charge on any atom is 0.0778 e. The Labute approximate surface area is 62.6 Å². The van der Waals surface area contributed by atoms with E-state index in [4.69, 9.17) is 0 Å². The molecule has 1 atom stereocenters. The van der Waals surface area contributed by atoms with Gasteiger partial charge in [0.15, 0.2) is 0 Å². The largest absolute Gasteiger partial charge is 0.250 e. The topological polar surface area (TPSA) is 17.1 Å². The summed E-state index contributed by atoms with van der Waals surface area (Å²) in [5.74, 6) is 0. The van der Waals surface area contributed by atoms with Crippen molar-refractivity contribution < 1.29 is 4.21 Å². The molecule has 0 N–H and O–H groups in total. The van der Waals surface area contributed by atoms with E-state index in [1.54, 1.807) is 5.41 Å². The molecular weight excluding hydrogens is 144 g/mol. The van der Waals surface area contributed by atoms with E-state index < -0.39 is 10.8 Å². The van der Waals surface area contributed by atoms with Gasteiger partial charge < -0.3 is 0 Å². The summed E-state index contributed by atoms with van der Waals surface area (Å²) in [6.07, 6.45) is 8.21. The van der Waals surface area contributed by atoms with Crippen molar-refractivity contribution in [2.75, 3.05) is 0 Å². The molecule has 2 rings (SSSR count). The summed E-state index contributed by atoms with van der Waals surface area (Å²) < 4.78 is 11.1. The summed E-state index contributed by atoms with van der Waals surface area (Å²) in [5, 5.41) is 1.76. The number of allylic oxidation sites excluding steroid dienone is 4. The van der Waals surface area contributed by atoms with Crippen LogP contribution in [0.15, 0.2) is 34.1 Å². The van der Waals surface area contributed by atoms with Gasteiger partial charge in [0.05, 0.1) is 10.8 Å². The zero-order valence-electron chi connectivity index (χ0n) is 5.54. The van der Waals surface area contributed by atoms with E-state index in [2.05, 4.69) is 6.08 Å². The first-order chi connectivity index (χ1) is 4.88. The van der Waals surface area contributed by atoms with Gasteiger partial charge in [-0.1, -0.05) is 6.08 Å². The van der Waals surface area contributed by atoms with Crippen LogP contribution in [0, 0.1) is 0 Å². The smallest absolute Gasteiger partial charge is 0.0778 e. The number of rotatable bonds is 0. The minimum atomic E-state index is -0.827. The maximum atomic E-state index is 11.1. The molecular formula is C8H8OS. The van der Waals surface area contributed by atoms with E-state index in [9.17, 15) is 4.21 Å². The average molecular weight is 152 g/mol. The lowest BCUT2D eigenvalue weighted by Crippen LogP contribution is -1.90. The van der Waals surface area contributed by atoms with Crippen molar-refractivity contribution in [1.29, 1.82) is 0 Å². The van der Waals surface area contributed by atoms with Crippen molar-refractivity contribution in [2.45, 2.75) is 12.8 Å². The number of hydrogen-bond donors (Lipinski definition) is 0. The Balaban J connectivity index is 2.46. The van der Waals surface area contributed by atoms with Crippen molar-refractivity contribution in [1.82, 2.24) is 0 Å². The Morgan fingerprint density at radius 3 is 3.10 bits per heavy atom. The van der Waals surface area contributed by atoms with Gasteiger partial charge in [0.25, 0.3) is 0 Å². The predicted molar refractivity (Wildman–Crippen MR) is 42.7 cm³/mol. The van der Waals surface area contributed by atoms with Crippen molar-refractivity contribution in [3.63, 3.8) is 0 Å². The van der Waals surface area contributed by atoms with Gasteiger partial charge in [-0.25, -0.2) is 4.21 Å². The van der Waals surface area contributed by atoms with Crippen LogP contribution in [0.3, 0.4) is 0 Å². The lowest BCUT2D eigenvalue weighted by molar-refractivity contribution is 0.692. The van der Waals surface area contributed by atoms with Crippen molar-refractivity contribution >= 4 is 10.8 Å². The van der Waals surface area contributed by atoms with Crippen LogP contribution in [0.1, 0.15) is 12.8 Å². The van der Waals surface area contributed by atoms with Crippen LogP contribution < -0.4 is 0 Å². The highest BCUT2D eigenvalue weighted by atomic mass is 32.2. The monoisotopic (exact) mass is 152 g/mol. The molecule has 0 saturated carbocycles. The van der Waals surface area contributed by atoms with Crippen LogP contribution in [0.2, 0.25) is 0 Å².